The van der Waals surface area contributed by atoms with Crippen molar-refractivity contribution in [2.75, 3.05) is 6.61 Å². The lowest BCUT2D eigenvalue weighted by Gasteiger charge is -2.40. The van der Waals surface area contributed by atoms with Gasteiger partial charge in [0.2, 0.25) is 0 Å². The third-order valence-corrected chi connectivity index (χ3v) is 3.85. The molecule has 2 aromatic rings. The fourth-order valence-corrected chi connectivity index (χ4v) is 2.57. The van der Waals surface area contributed by atoms with Gasteiger partial charge in [-0.25, -0.2) is 0 Å². The molecule has 5 N–H and O–H groups in total. The number of nitrogens with one attached hydrogen (secondary N) is 1. The monoisotopic (exact) mass is 323 g/mol. The number of furan rings is 1. The standard InChI is InChI=1S/C15H17NO7/c17-6-10-12(18)13(19)11(15(21)23-10)16-14(20)9-5-7-3-1-2-4-8(7)22-9/h1-5,10-13,15,17-19,21H,6H2,(H,16,20)/t10-,11-,12+,13-,15?/m1/s1. The Balaban J connectivity index is 1.76. The maximum Gasteiger partial charge on any atom is 0.287 e. The van der Waals surface area contributed by atoms with Crippen LogP contribution in [0.2, 0.25) is 0 Å². The zero-order valence-corrected chi connectivity index (χ0v) is 12.0. The van der Waals surface area contributed by atoms with Gasteiger partial charge in [0.25, 0.3) is 5.91 Å². The number of amides is 1. The molecule has 1 saturated heterocycles. The number of hydrogen-bond acceptors (Lipinski definition) is 7. The first-order valence-corrected chi connectivity index (χ1v) is 7.11. The Hall–Kier alpha value is -1.97. The van der Waals surface area contributed by atoms with Gasteiger partial charge in [-0.2, -0.15) is 0 Å². The minimum atomic E-state index is -1.57. The van der Waals surface area contributed by atoms with E-state index in [1.807, 2.05) is 0 Å². The lowest BCUT2D eigenvalue weighted by Crippen LogP contribution is -2.64. The predicted octanol–water partition coefficient (Wildman–Crippen LogP) is -1.04. The molecular weight excluding hydrogens is 306 g/mol. The minimum absolute atomic E-state index is 0.00405. The van der Waals surface area contributed by atoms with Crippen LogP contribution >= 0.6 is 0 Å². The van der Waals surface area contributed by atoms with Gasteiger partial charge < -0.3 is 34.9 Å². The summed E-state index contributed by atoms with van der Waals surface area (Å²) in [4.78, 5) is 12.2. The number of carbonyl (C=O) groups excluding carboxylic acids is 1. The number of ether oxygens (including phenoxy) is 1. The van der Waals surface area contributed by atoms with Crippen LogP contribution in [0.3, 0.4) is 0 Å². The summed E-state index contributed by atoms with van der Waals surface area (Å²) in [6.07, 6.45) is -5.63. The maximum absolute atomic E-state index is 12.2. The first-order valence-electron chi connectivity index (χ1n) is 7.11. The van der Waals surface area contributed by atoms with Crippen molar-refractivity contribution in [2.24, 2.45) is 0 Å². The van der Waals surface area contributed by atoms with Crippen molar-refractivity contribution >= 4 is 16.9 Å². The molecule has 0 spiro atoms. The molecule has 1 aromatic carbocycles. The SMILES string of the molecule is O=C(N[C@H]1C(O)O[C@H](CO)[C@H](O)[C@@H]1O)c1cc2ccccc2o1. The van der Waals surface area contributed by atoms with Crippen LogP contribution in [0.5, 0.6) is 0 Å². The van der Waals surface area contributed by atoms with Crippen molar-refractivity contribution in [3.63, 3.8) is 0 Å². The van der Waals surface area contributed by atoms with E-state index in [1.54, 1.807) is 24.3 Å². The number of hydrogen-bond donors (Lipinski definition) is 5. The van der Waals surface area contributed by atoms with Crippen molar-refractivity contribution in [1.29, 1.82) is 0 Å². The van der Waals surface area contributed by atoms with Gasteiger partial charge in [-0.1, -0.05) is 18.2 Å². The highest BCUT2D eigenvalue weighted by Gasteiger charge is 2.44. The summed E-state index contributed by atoms with van der Waals surface area (Å²) in [7, 11) is 0. The van der Waals surface area contributed by atoms with Gasteiger partial charge in [0.05, 0.1) is 6.61 Å². The van der Waals surface area contributed by atoms with Crippen molar-refractivity contribution in [1.82, 2.24) is 5.32 Å². The first-order chi connectivity index (χ1) is 11.0. The smallest absolute Gasteiger partial charge is 0.287 e. The van der Waals surface area contributed by atoms with E-state index in [1.165, 1.54) is 6.07 Å². The van der Waals surface area contributed by atoms with E-state index >= 15 is 0 Å². The maximum atomic E-state index is 12.2. The Morgan fingerprint density at radius 1 is 1.17 bits per heavy atom. The Morgan fingerprint density at radius 3 is 2.61 bits per heavy atom. The van der Waals surface area contributed by atoms with E-state index < -0.39 is 43.2 Å². The lowest BCUT2D eigenvalue weighted by molar-refractivity contribution is -0.252. The van der Waals surface area contributed by atoms with E-state index in [0.717, 1.165) is 5.39 Å². The fraction of sp³-hybridized carbons (Fsp3) is 0.400. The highest BCUT2D eigenvalue weighted by Crippen LogP contribution is 2.22. The molecule has 0 saturated carbocycles. The molecule has 2 heterocycles. The molecule has 5 atom stereocenters. The summed E-state index contributed by atoms with van der Waals surface area (Å²) in [5, 5.41) is 41.8. The van der Waals surface area contributed by atoms with Crippen LogP contribution in [0.1, 0.15) is 10.6 Å². The van der Waals surface area contributed by atoms with E-state index in [4.69, 9.17) is 14.3 Å². The summed E-state index contributed by atoms with van der Waals surface area (Å²) in [5.74, 6) is -0.660. The normalized spacial score (nSPS) is 31.2. The quantitative estimate of drug-likeness (QED) is 0.487. The van der Waals surface area contributed by atoms with Crippen LogP contribution in [-0.2, 0) is 4.74 Å². The van der Waals surface area contributed by atoms with Crippen LogP contribution in [0.15, 0.2) is 34.7 Å². The van der Waals surface area contributed by atoms with Crippen molar-refractivity contribution < 1.29 is 34.4 Å². The molecule has 1 unspecified atom stereocenters. The Labute approximate surface area is 130 Å². The number of aliphatic hydroxyl groups is 4. The molecule has 1 aliphatic heterocycles. The summed E-state index contributed by atoms with van der Waals surface area (Å²) in [6, 6.07) is 7.32. The molecule has 8 heteroatoms. The van der Waals surface area contributed by atoms with Gasteiger partial charge in [-0.3, -0.25) is 4.79 Å². The lowest BCUT2D eigenvalue weighted by atomic mass is 9.97. The average molecular weight is 323 g/mol. The largest absolute Gasteiger partial charge is 0.451 e. The van der Waals surface area contributed by atoms with Gasteiger partial charge in [0.15, 0.2) is 12.1 Å². The molecule has 23 heavy (non-hydrogen) atoms. The van der Waals surface area contributed by atoms with E-state index in [9.17, 15) is 20.1 Å². The number of para-hydroxylation sites is 1. The second kappa shape index (κ2) is 6.26. The van der Waals surface area contributed by atoms with Crippen molar-refractivity contribution in [3.05, 3.63) is 36.1 Å². The molecule has 0 bridgehead atoms. The molecule has 8 nitrogen and oxygen atoms in total. The Kier molecular flexibility index (Phi) is 4.33. The highest BCUT2D eigenvalue weighted by atomic mass is 16.6. The number of rotatable bonds is 3. The number of benzene rings is 1. The molecule has 3 rings (SSSR count). The van der Waals surface area contributed by atoms with Crippen LogP contribution in [0.4, 0.5) is 0 Å². The molecular formula is C15H17NO7. The molecule has 1 fully saturated rings. The Morgan fingerprint density at radius 2 is 1.91 bits per heavy atom. The zero-order chi connectivity index (χ0) is 16.6. The first kappa shape index (κ1) is 15.9. The number of fused-ring (bicyclic) bond motifs is 1. The van der Waals surface area contributed by atoms with Gasteiger partial charge in [-0.15, -0.1) is 0 Å². The molecule has 0 aliphatic carbocycles. The summed E-state index contributed by atoms with van der Waals surface area (Å²) >= 11 is 0. The fourth-order valence-electron chi connectivity index (χ4n) is 2.57. The number of aliphatic hydroxyl groups excluding tert-OH is 4. The van der Waals surface area contributed by atoms with Crippen LogP contribution < -0.4 is 5.32 Å². The molecule has 1 aromatic heterocycles. The average Bonchev–Trinajstić information content (AvgIpc) is 2.99. The topological polar surface area (TPSA) is 132 Å². The van der Waals surface area contributed by atoms with Crippen LogP contribution in [-0.4, -0.2) is 63.6 Å². The third kappa shape index (κ3) is 2.94. The van der Waals surface area contributed by atoms with E-state index in [-0.39, 0.29) is 5.76 Å². The third-order valence-electron chi connectivity index (χ3n) is 3.85. The van der Waals surface area contributed by atoms with Crippen LogP contribution in [0.25, 0.3) is 11.0 Å². The van der Waals surface area contributed by atoms with Gasteiger partial charge in [0.1, 0.15) is 29.9 Å². The second-order valence-electron chi connectivity index (χ2n) is 5.38. The second-order valence-corrected chi connectivity index (χ2v) is 5.38. The molecule has 0 radical (unpaired) electrons. The van der Waals surface area contributed by atoms with Gasteiger partial charge >= 0.3 is 0 Å². The minimum Gasteiger partial charge on any atom is -0.451 e. The molecule has 1 aliphatic rings. The van der Waals surface area contributed by atoms with Gasteiger partial charge in [0, 0.05) is 5.39 Å². The van der Waals surface area contributed by atoms with Gasteiger partial charge in [-0.05, 0) is 12.1 Å². The van der Waals surface area contributed by atoms with Crippen molar-refractivity contribution in [2.45, 2.75) is 30.6 Å². The predicted molar refractivity (Wildman–Crippen MR) is 77.4 cm³/mol. The van der Waals surface area contributed by atoms with Crippen LogP contribution in [0, 0.1) is 0 Å². The summed E-state index contributed by atoms with van der Waals surface area (Å²) in [6.45, 7) is -0.570. The van der Waals surface area contributed by atoms with E-state index in [2.05, 4.69) is 5.32 Å². The molecule has 124 valence electrons. The highest BCUT2D eigenvalue weighted by molar-refractivity contribution is 5.96. The zero-order valence-electron chi connectivity index (χ0n) is 12.0. The Bertz CT molecular complexity index is 667. The van der Waals surface area contributed by atoms with E-state index in [0.29, 0.717) is 5.58 Å². The number of carbonyl (C=O) groups is 1. The summed E-state index contributed by atoms with van der Waals surface area (Å²) < 4.78 is 10.4. The summed E-state index contributed by atoms with van der Waals surface area (Å²) in [5.41, 5.74) is 0.527. The molecule has 1 amide bonds. The van der Waals surface area contributed by atoms with Crippen molar-refractivity contribution in [3.8, 4) is 0 Å².